The number of methoxy groups -OCH3 is 1. The van der Waals surface area contributed by atoms with E-state index < -0.39 is 0 Å². The molecule has 0 saturated heterocycles. The first-order valence-corrected chi connectivity index (χ1v) is 9.43. The number of hydrogen-bond donors (Lipinski definition) is 1. The van der Waals surface area contributed by atoms with Gasteiger partial charge in [0, 0.05) is 24.4 Å². The predicted octanol–water partition coefficient (Wildman–Crippen LogP) is 4.35. The Morgan fingerprint density at radius 1 is 1.16 bits per heavy atom. The summed E-state index contributed by atoms with van der Waals surface area (Å²) in [5.41, 5.74) is 3.91. The molecule has 31 heavy (non-hydrogen) atoms. The molecule has 1 N–H and O–H groups in total. The van der Waals surface area contributed by atoms with Crippen LogP contribution in [0.15, 0.2) is 55.0 Å². The van der Waals surface area contributed by atoms with Crippen LogP contribution in [0.3, 0.4) is 0 Å². The van der Waals surface area contributed by atoms with E-state index in [9.17, 15) is 4.79 Å². The molecule has 0 aliphatic rings. The molecule has 4 aromatic rings. The summed E-state index contributed by atoms with van der Waals surface area (Å²) in [5, 5.41) is 7.72. The van der Waals surface area contributed by atoms with Gasteiger partial charge in [-0.3, -0.25) is 4.79 Å². The first kappa shape index (κ1) is 22.0. The van der Waals surface area contributed by atoms with Crippen molar-refractivity contribution in [2.75, 3.05) is 12.4 Å². The zero-order valence-electron chi connectivity index (χ0n) is 17.7. The van der Waals surface area contributed by atoms with Gasteiger partial charge >= 0.3 is 0 Å². The van der Waals surface area contributed by atoms with E-state index in [1.807, 2.05) is 54.1 Å². The lowest BCUT2D eigenvalue weighted by Gasteiger charge is -2.10. The number of nitrogens with one attached hydrogen (secondary N) is 1. The second-order valence-electron chi connectivity index (χ2n) is 6.92. The third-order valence-corrected chi connectivity index (χ3v) is 4.74. The third kappa shape index (κ3) is 4.44. The fourth-order valence-electron chi connectivity index (χ4n) is 3.22. The molecule has 8 nitrogen and oxygen atoms in total. The number of imidazole rings is 1. The van der Waals surface area contributed by atoms with E-state index in [1.54, 1.807) is 31.2 Å². The van der Waals surface area contributed by atoms with Crippen LogP contribution in [0.4, 0.5) is 11.6 Å². The number of para-hydroxylation sites is 1. The van der Waals surface area contributed by atoms with Crippen molar-refractivity contribution in [3.8, 4) is 22.8 Å². The van der Waals surface area contributed by atoms with Gasteiger partial charge in [0.1, 0.15) is 5.75 Å². The van der Waals surface area contributed by atoms with Gasteiger partial charge in [-0.25, -0.2) is 9.67 Å². The van der Waals surface area contributed by atoms with Gasteiger partial charge in [0.05, 0.1) is 30.5 Å². The highest BCUT2D eigenvalue weighted by Gasteiger charge is 2.15. The molecule has 2 aromatic heterocycles. The monoisotopic (exact) mass is 438 g/mol. The van der Waals surface area contributed by atoms with Gasteiger partial charge in [-0.1, -0.05) is 12.1 Å². The number of nitrogens with zero attached hydrogens (tertiary/aromatic N) is 5. The Hall–Kier alpha value is -3.65. The summed E-state index contributed by atoms with van der Waals surface area (Å²) in [4.78, 5) is 20.8. The van der Waals surface area contributed by atoms with Crippen LogP contribution in [-0.2, 0) is 7.05 Å². The number of benzene rings is 2. The molecule has 0 unspecified atom stereocenters. The highest BCUT2D eigenvalue weighted by molar-refractivity contribution is 6.00. The van der Waals surface area contributed by atoms with Gasteiger partial charge in [-0.05, 0) is 44.2 Å². The molecule has 0 saturated carbocycles. The van der Waals surface area contributed by atoms with Crippen molar-refractivity contribution in [2.45, 2.75) is 13.8 Å². The summed E-state index contributed by atoms with van der Waals surface area (Å²) < 4.78 is 9.14. The molecule has 4 rings (SSSR count). The lowest BCUT2D eigenvalue weighted by Crippen LogP contribution is -2.04. The maximum Gasteiger partial charge on any atom is 0.225 e. The third-order valence-electron chi connectivity index (χ3n) is 4.74. The minimum atomic E-state index is -0.0180. The van der Waals surface area contributed by atoms with E-state index in [1.165, 1.54) is 6.92 Å². The number of carbonyl (C=O) groups is 1. The molecule has 0 spiro atoms. The minimum absolute atomic E-state index is 0. The van der Waals surface area contributed by atoms with E-state index in [0.717, 1.165) is 16.9 Å². The van der Waals surface area contributed by atoms with Crippen molar-refractivity contribution < 1.29 is 9.53 Å². The Balaban J connectivity index is 0.00000272. The number of ketones is 1. The second-order valence-corrected chi connectivity index (χ2v) is 6.92. The Morgan fingerprint density at radius 3 is 2.61 bits per heavy atom. The highest BCUT2D eigenvalue weighted by Crippen LogP contribution is 2.29. The summed E-state index contributed by atoms with van der Waals surface area (Å²) in [5.74, 6) is 1.75. The predicted molar refractivity (Wildman–Crippen MR) is 122 cm³/mol. The van der Waals surface area contributed by atoms with Crippen LogP contribution in [0.5, 0.6) is 5.75 Å². The zero-order valence-corrected chi connectivity index (χ0v) is 18.5. The molecule has 0 bridgehead atoms. The molecular weight excluding hydrogens is 416 g/mol. The van der Waals surface area contributed by atoms with Crippen molar-refractivity contribution in [3.05, 3.63) is 66.2 Å². The normalized spacial score (nSPS) is 10.5. The zero-order chi connectivity index (χ0) is 21.3. The molecule has 0 aliphatic heterocycles. The molecule has 2 heterocycles. The van der Waals surface area contributed by atoms with Crippen LogP contribution in [0.2, 0.25) is 0 Å². The fraction of sp³-hybridized carbons (Fsp3) is 0.182. The van der Waals surface area contributed by atoms with Crippen molar-refractivity contribution in [1.82, 2.24) is 24.3 Å². The van der Waals surface area contributed by atoms with Gasteiger partial charge in [0.15, 0.2) is 11.6 Å². The summed E-state index contributed by atoms with van der Waals surface area (Å²) in [6, 6.07) is 13.1. The maximum atomic E-state index is 11.9. The van der Waals surface area contributed by atoms with Crippen molar-refractivity contribution in [2.24, 2.45) is 7.05 Å². The summed E-state index contributed by atoms with van der Waals surface area (Å²) >= 11 is 0. The van der Waals surface area contributed by atoms with E-state index >= 15 is 0 Å². The van der Waals surface area contributed by atoms with Gasteiger partial charge in [-0.2, -0.15) is 4.98 Å². The van der Waals surface area contributed by atoms with E-state index in [2.05, 4.69) is 20.4 Å². The number of halogens is 1. The van der Waals surface area contributed by atoms with Crippen molar-refractivity contribution in [1.29, 1.82) is 0 Å². The van der Waals surface area contributed by atoms with Gasteiger partial charge in [0.25, 0.3) is 0 Å². The molecule has 2 aromatic carbocycles. The smallest absolute Gasteiger partial charge is 0.225 e. The maximum absolute atomic E-state index is 11.9. The van der Waals surface area contributed by atoms with Gasteiger partial charge in [-0.15, -0.1) is 17.5 Å². The number of aromatic nitrogens is 5. The van der Waals surface area contributed by atoms with E-state index in [-0.39, 0.29) is 18.2 Å². The second kappa shape index (κ2) is 9.01. The summed E-state index contributed by atoms with van der Waals surface area (Å²) in [7, 11) is 3.43. The van der Waals surface area contributed by atoms with Gasteiger partial charge < -0.3 is 14.6 Å². The number of rotatable bonds is 6. The molecule has 0 amide bonds. The van der Waals surface area contributed by atoms with Crippen LogP contribution in [0.1, 0.15) is 23.0 Å². The SMILES string of the molecule is COc1cc(-c2nc(Nc3ccccc3C(C)=O)n(C)n2)ccc1-n1cnc(C)c1.Cl. The number of ether oxygens (including phenoxy) is 1. The first-order chi connectivity index (χ1) is 14.5. The summed E-state index contributed by atoms with van der Waals surface area (Å²) in [6.45, 7) is 3.48. The molecule has 0 fully saturated rings. The highest BCUT2D eigenvalue weighted by atomic mass is 35.5. The van der Waals surface area contributed by atoms with Crippen molar-refractivity contribution in [3.63, 3.8) is 0 Å². The Morgan fingerprint density at radius 2 is 1.94 bits per heavy atom. The Kier molecular flexibility index (Phi) is 6.41. The van der Waals surface area contributed by atoms with Crippen LogP contribution >= 0.6 is 12.4 Å². The average molecular weight is 439 g/mol. The molecule has 0 atom stereocenters. The van der Waals surface area contributed by atoms with Crippen LogP contribution in [-0.4, -0.2) is 37.2 Å². The topological polar surface area (TPSA) is 86.9 Å². The summed E-state index contributed by atoms with van der Waals surface area (Å²) in [6.07, 6.45) is 3.69. The number of aryl methyl sites for hydroxylation is 2. The molecule has 0 radical (unpaired) electrons. The molecular formula is C22H23ClN6O2. The standard InChI is InChI=1S/C22H22N6O2.ClH/c1-14-12-28(13-23-14)19-10-9-16(11-20(19)30-4)21-25-22(27(3)26-21)24-18-8-6-5-7-17(18)15(2)29;/h5-13H,1-4H3,(H,24,25,26);1H. The van der Waals surface area contributed by atoms with Gasteiger partial charge in [0.2, 0.25) is 5.95 Å². The lowest BCUT2D eigenvalue weighted by atomic mass is 10.1. The average Bonchev–Trinajstić information content (AvgIpc) is 3.33. The fourth-order valence-corrected chi connectivity index (χ4v) is 3.22. The number of anilines is 2. The Labute approximate surface area is 186 Å². The molecule has 0 aliphatic carbocycles. The lowest BCUT2D eigenvalue weighted by molar-refractivity contribution is 0.101. The van der Waals surface area contributed by atoms with Crippen LogP contribution in [0, 0.1) is 6.92 Å². The van der Waals surface area contributed by atoms with Crippen molar-refractivity contribution >= 4 is 29.8 Å². The van der Waals surface area contributed by atoms with E-state index in [0.29, 0.717) is 28.8 Å². The number of Topliss-reactive ketones (excluding diaryl/α,β-unsaturated/α-hetero) is 1. The number of carbonyl (C=O) groups excluding carboxylic acids is 1. The van der Waals surface area contributed by atoms with E-state index in [4.69, 9.17) is 4.74 Å². The molecule has 160 valence electrons. The largest absolute Gasteiger partial charge is 0.495 e. The quantitative estimate of drug-likeness (QED) is 0.450. The van der Waals surface area contributed by atoms with Crippen LogP contribution < -0.4 is 10.1 Å². The minimum Gasteiger partial charge on any atom is -0.495 e. The Bertz CT molecular complexity index is 1230. The molecule has 9 heteroatoms. The van der Waals surface area contributed by atoms with Crippen LogP contribution in [0.25, 0.3) is 17.1 Å². The number of hydrogen-bond acceptors (Lipinski definition) is 6. The first-order valence-electron chi connectivity index (χ1n) is 9.43.